The average molecular weight is 263 g/mol. The number of benzene rings is 1. The molecule has 2 heterocycles. The summed E-state index contributed by atoms with van der Waals surface area (Å²) < 4.78 is 6.25. The third-order valence-electron chi connectivity index (χ3n) is 3.83. The molecule has 1 aromatic carbocycles. The number of hydrogen-bond acceptors (Lipinski definition) is 3. The van der Waals surface area contributed by atoms with E-state index in [1.807, 2.05) is 11.8 Å². The van der Waals surface area contributed by atoms with Gasteiger partial charge in [0.05, 0.1) is 0 Å². The van der Waals surface area contributed by atoms with Gasteiger partial charge in [-0.2, -0.15) is 11.8 Å². The Morgan fingerprint density at radius 1 is 1.22 bits per heavy atom. The molecule has 0 aliphatic carbocycles. The van der Waals surface area contributed by atoms with Gasteiger partial charge in [-0.25, -0.2) is 0 Å². The second kappa shape index (κ2) is 5.98. The summed E-state index contributed by atoms with van der Waals surface area (Å²) >= 11 is 2.02. The molecular weight excluding hydrogens is 242 g/mol. The number of ether oxygens (including phenoxy) is 1. The Hall–Kier alpha value is -0.670. The van der Waals surface area contributed by atoms with E-state index in [9.17, 15) is 0 Å². The van der Waals surface area contributed by atoms with E-state index in [2.05, 4.69) is 29.6 Å². The van der Waals surface area contributed by atoms with Crippen LogP contribution in [0.2, 0.25) is 0 Å². The van der Waals surface area contributed by atoms with Gasteiger partial charge in [0.15, 0.2) is 0 Å². The van der Waals surface area contributed by atoms with Crippen LogP contribution in [0.5, 0.6) is 5.75 Å². The molecule has 0 bridgehead atoms. The Morgan fingerprint density at radius 3 is 2.94 bits per heavy atom. The van der Waals surface area contributed by atoms with Crippen LogP contribution in [0, 0.1) is 0 Å². The van der Waals surface area contributed by atoms with Gasteiger partial charge in [0, 0.05) is 18.2 Å². The van der Waals surface area contributed by atoms with Crippen LogP contribution in [-0.4, -0.2) is 30.7 Å². The second-order valence-corrected chi connectivity index (χ2v) is 6.33. The monoisotopic (exact) mass is 263 g/mol. The molecule has 0 aromatic heterocycles. The summed E-state index contributed by atoms with van der Waals surface area (Å²) in [5.74, 6) is 4.21. The van der Waals surface area contributed by atoms with E-state index in [-0.39, 0.29) is 0 Å². The summed E-state index contributed by atoms with van der Waals surface area (Å²) in [5, 5.41) is 3.44. The maximum absolute atomic E-state index is 6.25. The Labute approximate surface area is 113 Å². The molecule has 2 aliphatic heterocycles. The second-order valence-electron chi connectivity index (χ2n) is 5.18. The van der Waals surface area contributed by atoms with Gasteiger partial charge >= 0.3 is 0 Å². The highest BCUT2D eigenvalue weighted by Crippen LogP contribution is 2.32. The van der Waals surface area contributed by atoms with Gasteiger partial charge in [0.2, 0.25) is 0 Å². The highest BCUT2D eigenvalue weighted by atomic mass is 32.2. The maximum atomic E-state index is 6.25. The van der Waals surface area contributed by atoms with E-state index in [0.29, 0.717) is 12.0 Å². The predicted octanol–water partition coefficient (Wildman–Crippen LogP) is 3.04. The quantitative estimate of drug-likeness (QED) is 0.905. The van der Waals surface area contributed by atoms with Crippen molar-refractivity contribution in [2.24, 2.45) is 0 Å². The van der Waals surface area contributed by atoms with E-state index in [4.69, 9.17) is 4.74 Å². The summed E-state index contributed by atoms with van der Waals surface area (Å²) in [6, 6.07) is 8.61. The molecule has 2 unspecified atom stereocenters. The van der Waals surface area contributed by atoms with Crippen LogP contribution in [0.3, 0.4) is 0 Å². The lowest BCUT2D eigenvalue weighted by Gasteiger charge is -2.25. The highest BCUT2D eigenvalue weighted by Gasteiger charge is 2.22. The number of nitrogens with one attached hydrogen (secondary N) is 1. The van der Waals surface area contributed by atoms with Gasteiger partial charge in [0.1, 0.15) is 11.9 Å². The number of hydrogen-bond donors (Lipinski definition) is 1. The molecule has 1 N–H and O–H groups in total. The van der Waals surface area contributed by atoms with E-state index in [1.54, 1.807) is 0 Å². The molecule has 3 heteroatoms. The lowest BCUT2D eigenvalue weighted by molar-refractivity contribution is 0.208. The fraction of sp³-hybridized carbons (Fsp3) is 0.600. The summed E-state index contributed by atoms with van der Waals surface area (Å²) in [5.41, 5.74) is 1.40. The van der Waals surface area contributed by atoms with Gasteiger partial charge in [-0.1, -0.05) is 18.2 Å². The zero-order chi connectivity index (χ0) is 12.2. The Morgan fingerprint density at radius 2 is 2.17 bits per heavy atom. The van der Waals surface area contributed by atoms with Crippen molar-refractivity contribution in [2.75, 3.05) is 24.6 Å². The van der Waals surface area contributed by atoms with Crippen molar-refractivity contribution < 1.29 is 4.74 Å². The lowest BCUT2D eigenvalue weighted by atomic mass is 9.97. The molecule has 0 spiro atoms. The first kappa shape index (κ1) is 12.4. The fourth-order valence-electron chi connectivity index (χ4n) is 2.83. The molecular formula is C15H21NOS. The third kappa shape index (κ3) is 2.83. The molecule has 3 rings (SSSR count). The molecule has 18 heavy (non-hydrogen) atoms. The minimum absolute atomic E-state index is 0.416. The molecule has 0 saturated carbocycles. The topological polar surface area (TPSA) is 21.3 Å². The molecule has 0 amide bonds. The molecule has 0 radical (unpaired) electrons. The molecule has 2 nitrogen and oxygen atoms in total. The first-order valence-electron chi connectivity index (χ1n) is 6.97. The summed E-state index contributed by atoms with van der Waals surface area (Å²) in [6.45, 7) is 2.23. The van der Waals surface area contributed by atoms with Crippen molar-refractivity contribution in [3.8, 4) is 5.75 Å². The van der Waals surface area contributed by atoms with Crippen LogP contribution in [0.4, 0.5) is 0 Å². The Kier molecular flexibility index (Phi) is 4.11. The smallest absolute Gasteiger partial charge is 0.123 e. The summed E-state index contributed by atoms with van der Waals surface area (Å²) in [4.78, 5) is 0. The molecule has 2 saturated heterocycles. The number of para-hydroxylation sites is 1. The molecule has 98 valence electrons. The molecule has 1 aromatic rings. The van der Waals surface area contributed by atoms with Crippen LogP contribution in [0.25, 0.3) is 0 Å². The SMILES string of the molecule is c1ccc(C2CCNC2)c(OC2CCCSC2)c1. The van der Waals surface area contributed by atoms with E-state index in [0.717, 1.165) is 24.6 Å². The van der Waals surface area contributed by atoms with Crippen LogP contribution in [-0.2, 0) is 0 Å². The third-order valence-corrected chi connectivity index (χ3v) is 5.02. The minimum atomic E-state index is 0.416. The maximum Gasteiger partial charge on any atom is 0.123 e. The van der Waals surface area contributed by atoms with Gasteiger partial charge in [-0.15, -0.1) is 0 Å². The standard InChI is InChI=1S/C15H21NOS/c1-2-6-15(17-13-4-3-9-18-11-13)14(5-1)12-7-8-16-10-12/h1-2,5-6,12-13,16H,3-4,7-11H2. The minimum Gasteiger partial charge on any atom is -0.489 e. The van der Waals surface area contributed by atoms with Gasteiger partial charge < -0.3 is 10.1 Å². The van der Waals surface area contributed by atoms with Crippen molar-refractivity contribution in [1.82, 2.24) is 5.32 Å². The fourth-order valence-corrected chi connectivity index (χ4v) is 3.86. The van der Waals surface area contributed by atoms with E-state index in [1.165, 1.54) is 30.6 Å². The van der Waals surface area contributed by atoms with Crippen molar-refractivity contribution >= 4 is 11.8 Å². The summed E-state index contributed by atoms with van der Waals surface area (Å²) in [7, 11) is 0. The normalized spacial score (nSPS) is 28.2. The van der Waals surface area contributed by atoms with Crippen molar-refractivity contribution in [2.45, 2.75) is 31.3 Å². The largest absolute Gasteiger partial charge is 0.489 e. The Bertz CT molecular complexity index is 384. The van der Waals surface area contributed by atoms with Gasteiger partial charge in [0.25, 0.3) is 0 Å². The van der Waals surface area contributed by atoms with Crippen LogP contribution < -0.4 is 10.1 Å². The summed E-state index contributed by atoms with van der Waals surface area (Å²) in [6.07, 6.45) is 4.16. The van der Waals surface area contributed by atoms with Crippen molar-refractivity contribution in [3.05, 3.63) is 29.8 Å². The van der Waals surface area contributed by atoms with E-state index >= 15 is 0 Å². The number of rotatable bonds is 3. The Balaban J connectivity index is 1.73. The molecule has 2 atom stereocenters. The highest BCUT2D eigenvalue weighted by molar-refractivity contribution is 7.99. The number of thioether (sulfide) groups is 1. The van der Waals surface area contributed by atoms with Crippen LogP contribution in [0.1, 0.15) is 30.7 Å². The molecule has 2 aliphatic rings. The first-order chi connectivity index (χ1) is 8.93. The zero-order valence-corrected chi connectivity index (χ0v) is 11.5. The molecule has 2 fully saturated rings. The van der Waals surface area contributed by atoms with Crippen LogP contribution >= 0.6 is 11.8 Å². The lowest BCUT2D eigenvalue weighted by Crippen LogP contribution is -2.24. The predicted molar refractivity (Wildman–Crippen MR) is 77.6 cm³/mol. The van der Waals surface area contributed by atoms with Gasteiger partial charge in [-0.3, -0.25) is 0 Å². The van der Waals surface area contributed by atoms with Crippen molar-refractivity contribution in [1.29, 1.82) is 0 Å². The zero-order valence-electron chi connectivity index (χ0n) is 10.7. The van der Waals surface area contributed by atoms with Crippen molar-refractivity contribution in [3.63, 3.8) is 0 Å². The van der Waals surface area contributed by atoms with Crippen LogP contribution in [0.15, 0.2) is 24.3 Å². The first-order valence-corrected chi connectivity index (χ1v) is 8.13. The van der Waals surface area contributed by atoms with Gasteiger partial charge in [-0.05, 0) is 43.2 Å². The van der Waals surface area contributed by atoms with E-state index < -0.39 is 0 Å². The average Bonchev–Trinajstić information content (AvgIpc) is 2.94.